The Hall–Kier alpha value is -1.97. The standard InChI is InChI=1S/C9H6ClN5/c10-7-2-3-9(8(6-7)13-14-11)15-5-1-4-12-15/h1-6H. The highest BCUT2D eigenvalue weighted by molar-refractivity contribution is 6.30. The average molecular weight is 220 g/mol. The molecule has 0 atom stereocenters. The summed E-state index contributed by atoms with van der Waals surface area (Å²) in [7, 11) is 0. The van der Waals surface area contributed by atoms with Crippen LogP contribution in [0.25, 0.3) is 16.1 Å². The van der Waals surface area contributed by atoms with Crippen LogP contribution in [0.5, 0.6) is 0 Å². The Morgan fingerprint density at radius 3 is 3.00 bits per heavy atom. The van der Waals surface area contributed by atoms with Crippen LogP contribution in [0.3, 0.4) is 0 Å². The monoisotopic (exact) mass is 219 g/mol. The van der Waals surface area contributed by atoms with Crippen LogP contribution in [0.1, 0.15) is 0 Å². The predicted octanol–water partition coefficient (Wildman–Crippen LogP) is 3.47. The molecule has 15 heavy (non-hydrogen) atoms. The smallest absolute Gasteiger partial charge is 0.0742 e. The van der Waals surface area contributed by atoms with Crippen molar-refractivity contribution in [2.45, 2.75) is 0 Å². The van der Waals surface area contributed by atoms with Gasteiger partial charge in [0, 0.05) is 22.3 Å². The van der Waals surface area contributed by atoms with Gasteiger partial charge in [-0.1, -0.05) is 16.7 Å². The molecule has 0 amide bonds. The van der Waals surface area contributed by atoms with Gasteiger partial charge in [-0.15, -0.1) is 0 Å². The van der Waals surface area contributed by atoms with Gasteiger partial charge in [0.1, 0.15) is 0 Å². The van der Waals surface area contributed by atoms with Crippen LogP contribution in [-0.4, -0.2) is 9.78 Å². The molecule has 0 radical (unpaired) electrons. The summed E-state index contributed by atoms with van der Waals surface area (Å²) in [6.45, 7) is 0. The molecule has 2 rings (SSSR count). The van der Waals surface area contributed by atoms with Gasteiger partial charge in [0.15, 0.2) is 0 Å². The summed E-state index contributed by atoms with van der Waals surface area (Å²) >= 11 is 5.80. The summed E-state index contributed by atoms with van der Waals surface area (Å²) in [5.74, 6) is 0. The van der Waals surface area contributed by atoms with E-state index in [0.29, 0.717) is 16.4 Å². The zero-order valence-electron chi connectivity index (χ0n) is 7.58. The van der Waals surface area contributed by atoms with E-state index < -0.39 is 0 Å². The van der Waals surface area contributed by atoms with E-state index in [4.69, 9.17) is 17.1 Å². The lowest BCUT2D eigenvalue weighted by atomic mass is 10.3. The first-order valence-corrected chi connectivity index (χ1v) is 4.54. The molecule has 0 unspecified atom stereocenters. The Labute approximate surface area is 90.5 Å². The van der Waals surface area contributed by atoms with Crippen LogP contribution in [0.4, 0.5) is 5.69 Å². The van der Waals surface area contributed by atoms with Crippen LogP contribution in [0.15, 0.2) is 41.8 Å². The largest absolute Gasteiger partial charge is 0.241 e. The maximum Gasteiger partial charge on any atom is 0.0742 e. The fourth-order valence-electron chi connectivity index (χ4n) is 1.23. The average Bonchev–Trinajstić information content (AvgIpc) is 2.71. The highest BCUT2D eigenvalue weighted by Crippen LogP contribution is 2.26. The maximum atomic E-state index is 8.42. The first-order chi connectivity index (χ1) is 7.31. The minimum absolute atomic E-state index is 0.453. The molecule has 0 N–H and O–H groups in total. The molecule has 0 spiro atoms. The summed E-state index contributed by atoms with van der Waals surface area (Å²) in [5, 5.41) is 8.13. The normalized spacial score (nSPS) is 9.67. The van der Waals surface area contributed by atoms with Gasteiger partial charge >= 0.3 is 0 Å². The third-order valence-electron chi connectivity index (χ3n) is 1.84. The van der Waals surface area contributed by atoms with Crippen molar-refractivity contribution in [3.63, 3.8) is 0 Å². The topological polar surface area (TPSA) is 66.6 Å². The summed E-state index contributed by atoms with van der Waals surface area (Å²) in [6.07, 6.45) is 3.41. The Morgan fingerprint density at radius 1 is 1.47 bits per heavy atom. The minimum Gasteiger partial charge on any atom is -0.241 e. The molecular formula is C9H6ClN5. The van der Waals surface area contributed by atoms with Crippen molar-refractivity contribution in [1.29, 1.82) is 0 Å². The van der Waals surface area contributed by atoms with Crippen molar-refractivity contribution in [2.24, 2.45) is 5.11 Å². The lowest BCUT2D eigenvalue weighted by Gasteiger charge is -2.04. The zero-order valence-corrected chi connectivity index (χ0v) is 8.33. The van der Waals surface area contributed by atoms with Crippen molar-refractivity contribution in [3.05, 3.63) is 52.1 Å². The summed E-state index contributed by atoms with van der Waals surface area (Å²) < 4.78 is 1.61. The van der Waals surface area contributed by atoms with Gasteiger partial charge in [0.05, 0.1) is 11.4 Å². The van der Waals surface area contributed by atoms with E-state index >= 15 is 0 Å². The van der Waals surface area contributed by atoms with Crippen molar-refractivity contribution < 1.29 is 0 Å². The lowest BCUT2D eigenvalue weighted by molar-refractivity contribution is 0.880. The van der Waals surface area contributed by atoms with Crippen LogP contribution in [0.2, 0.25) is 5.02 Å². The van der Waals surface area contributed by atoms with Crippen molar-refractivity contribution in [1.82, 2.24) is 9.78 Å². The molecule has 1 aromatic carbocycles. The molecule has 0 saturated carbocycles. The number of nitrogens with zero attached hydrogens (tertiary/aromatic N) is 5. The minimum atomic E-state index is 0.453. The second-order valence-electron chi connectivity index (χ2n) is 2.77. The predicted molar refractivity (Wildman–Crippen MR) is 57.4 cm³/mol. The molecule has 6 heteroatoms. The highest BCUT2D eigenvalue weighted by atomic mass is 35.5. The fraction of sp³-hybridized carbons (Fsp3) is 0. The number of halogens is 1. The summed E-state index contributed by atoms with van der Waals surface area (Å²) in [5.41, 5.74) is 9.57. The van der Waals surface area contributed by atoms with Crippen LogP contribution in [0, 0.1) is 0 Å². The quantitative estimate of drug-likeness (QED) is 0.433. The van der Waals surface area contributed by atoms with Crippen molar-refractivity contribution >= 4 is 17.3 Å². The number of hydrogen-bond donors (Lipinski definition) is 0. The van der Waals surface area contributed by atoms with Gasteiger partial charge in [-0.05, 0) is 29.8 Å². The molecule has 1 aromatic heterocycles. The second-order valence-corrected chi connectivity index (χ2v) is 3.21. The summed E-state index contributed by atoms with van der Waals surface area (Å²) in [6, 6.07) is 6.85. The van der Waals surface area contributed by atoms with Gasteiger partial charge in [-0.3, -0.25) is 0 Å². The maximum absolute atomic E-state index is 8.42. The number of benzene rings is 1. The molecule has 0 bridgehead atoms. The Kier molecular flexibility index (Phi) is 2.58. The van der Waals surface area contributed by atoms with Crippen LogP contribution >= 0.6 is 11.6 Å². The molecule has 74 valence electrons. The van der Waals surface area contributed by atoms with Crippen molar-refractivity contribution in [2.75, 3.05) is 0 Å². The first-order valence-electron chi connectivity index (χ1n) is 4.16. The SMILES string of the molecule is [N-]=[N+]=Nc1cc(Cl)ccc1-n1cccn1. The van der Waals surface area contributed by atoms with Crippen LogP contribution in [-0.2, 0) is 0 Å². The molecule has 0 aliphatic heterocycles. The molecule has 0 fully saturated rings. The number of rotatable bonds is 2. The van der Waals surface area contributed by atoms with Gasteiger partial charge in [0.25, 0.3) is 0 Å². The molecule has 0 aliphatic carbocycles. The number of hydrogen-bond acceptors (Lipinski definition) is 2. The lowest BCUT2D eigenvalue weighted by Crippen LogP contribution is -1.93. The Balaban J connectivity index is 2.60. The van der Waals surface area contributed by atoms with E-state index in [-0.39, 0.29) is 0 Å². The second kappa shape index (κ2) is 4.04. The fourth-order valence-corrected chi connectivity index (χ4v) is 1.40. The van der Waals surface area contributed by atoms with E-state index in [1.54, 1.807) is 41.3 Å². The summed E-state index contributed by atoms with van der Waals surface area (Å²) in [4.78, 5) is 2.74. The zero-order chi connectivity index (χ0) is 10.7. The van der Waals surface area contributed by atoms with E-state index in [0.717, 1.165) is 0 Å². The molecule has 2 aromatic rings. The Bertz CT molecular complexity index is 513. The molecule has 0 saturated heterocycles. The first kappa shape index (κ1) is 9.58. The van der Waals surface area contributed by atoms with Gasteiger partial charge < -0.3 is 0 Å². The van der Waals surface area contributed by atoms with Crippen molar-refractivity contribution in [3.8, 4) is 5.69 Å². The highest BCUT2D eigenvalue weighted by Gasteiger charge is 2.03. The van der Waals surface area contributed by atoms with Gasteiger partial charge in [-0.25, -0.2) is 4.68 Å². The molecule has 1 heterocycles. The van der Waals surface area contributed by atoms with Crippen LogP contribution < -0.4 is 0 Å². The third-order valence-corrected chi connectivity index (χ3v) is 2.08. The number of aromatic nitrogens is 2. The van der Waals surface area contributed by atoms with E-state index in [1.165, 1.54) is 0 Å². The van der Waals surface area contributed by atoms with E-state index in [1.807, 2.05) is 0 Å². The van der Waals surface area contributed by atoms with Gasteiger partial charge in [0.2, 0.25) is 0 Å². The van der Waals surface area contributed by atoms with E-state index in [9.17, 15) is 0 Å². The molecular weight excluding hydrogens is 214 g/mol. The molecule has 5 nitrogen and oxygen atoms in total. The third kappa shape index (κ3) is 1.93. The van der Waals surface area contributed by atoms with Gasteiger partial charge in [-0.2, -0.15) is 5.10 Å². The van der Waals surface area contributed by atoms with E-state index in [2.05, 4.69) is 15.1 Å². The number of azide groups is 1. The Morgan fingerprint density at radius 2 is 2.33 bits per heavy atom. The molecule has 0 aliphatic rings.